The second-order valence-electron chi connectivity index (χ2n) is 10.1. The lowest BCUT2D eigenvalue weighted by Crippen LogP contribution is -2.20. The van der Waals surface area contributed by atoms with Crippen LogP contribution in [0.25, 0.3) is 22.6 Å². The van der Waals surface area contributed by atoms with Crippen LogP contribution in [0.1, 0.15) is 37.5 Å². The highest BCUT2D eigenvalue weighted by Gasteiger charge is 2.25. The molecule has 36 heavy (non-hydrogen) atoms. The summed E-state index contributed by atoms with van der Waals surface area (Å²) in [5.41, 5.74) is 7.21. The van der Waals surface area contributed by atoms with Gasteiger partial charge in [0.15, 0.2) is 12.4 Å². The number of amides is 1. The lowest BCUT2D eigenvalue weighted by atomic mass is 9.87. The molecule has 5 rings (SSSR count). The molecule has 0 unspecified atom stereocenters. The number of ether oxygens (including phenoxy) is 2. The Morgan fingerprint density at radius 2 is 1.69 bits per heavy atom. The van der Waals surface area contributed by atoms with Gasteiger partial charge in [0.1, 0.15) is 17.2 Å². The molecule has 0 fully saturated rings. The summed E-state index contributed by atoms with van der Waals surface area (Å²) < 4.78 is 16.8. The highest BCUT2D eigenvalue weighted by atomic mass is 16.5. The largest absolute Gasteiger partial charge is 0.497 e. The number of rotatable bonds is 6. The van der Waals surface area contributed by atoms with Gasteiger partial charge >= 0.3 is 0 Å². The summed E-state index contributed by atoms with van der Waals surface area (Å²) in [4.78, 5) is 12.4. The second-order valence-corrected chi connectivity index (χ2v) is 10.1. The van der Waals surface area contributed by atoms with Crippen LogP contribution < -0.4 is 14.8 Å². The Morgan fingerprint density at radius 3 is 2.39 bits per heavy atom. The quantitative estimate of drug-likeness (QED) is 0.343. The van der Waals surface area contributed by atoms with E-state index in [4.69, 9.17) is 14.0 Å². The van der Waals surface area contributed by atoms with E-state index < -0.39 is 0 Å². The first-order valence-electron chi connectivity index (χ1n) is 12.1. The molecule has 1 aromatic heterocycles. The number of fused-ring (bicyclic) bond motifs is 3. The summed E-state index contributed by atoms with van der Waals surface area (Å²) in [6.45, 7) is 6.43. The van der Waals surface area contributed by atoms with E-state index in [0.29, 0.717) is 11.4 Å². The highest BCUT2D eigenvalue weighted by molar-refractivity contribution is 5.92. The second kappa shape index (κ2) is 9.53. The van der Waals surface area contributed by atoms with Crippen LogP contribution in [0.4, 0.5) is 5.69 Å². The molecule has 4 aromatic rings. The van der Waals surface area contributed by atoms with Gasteiger partial charge in [0.25, 0.3) is 5.91 Å². The Labute approximate surface area is 211 Å². The zero-order valence-corrected chi connectivity index (χ0v) is 21.1. The Hall–Kier alpha value is -4.06. The van der Waals surface area contributed by atoms with Crippen LogP contribution in [0.5, 0.6) is 11.5 Å². The summed E-state index contributed by atoms with van der Waals surface area (Å²) >= 11 is 0. The van der Waals surface area contributed by atoms with Crippen LogP contribution in [0.15, 0.2) is 71.3 Å². The number of aromatic nitrogens is 1. The maximum Gasteiger partial charge on any atom is 0.262 e. The van der Waals surface area contributed by atoms with E-state index in [1.54, 1.807) is 7.11 Å². The third-order valence-electron chi connectivity index (χ3n) is 6.52. The fourth-order valence-corrected chi connectivity index (χ4v) is 4.48. The number of benzene rings is 3. The van der Waals surface area contributed by atoms with Crippen LogP contribution >= 0.6 is 0 Å². The molecule has 184 valence electrons. The lowest BCUT2D eigenvalue weighted by Gasteiger charge is -2.19. The normalized spacial score (nSPS) is 12.4. The maximum atomic E-state index is 12.4. The van der Waals surface area contributed by atoms with Gasteiger partial charge in [0.2, 0.25) is 0 Å². The fraction of sp³-hybridized carbons (Fsp3) is 0.267. The molecule has 1 N–H and O–H groups in total. The monoisotopic (exact) mass is 482 g/mol. The first-order valence-corrected chi connectivity index (χ1v) is 12.1. The Balaban J connectivity index is 1.22. The third-order valence-corrected chi connectivity index (χ3v) is 6.52. The van der Waals surface area contributed by atoms with Gasteiger partial charge in [-0.1, -0.05) is 38.1 Å². The van der Waals surface area contributed by atoms with E-state index in [9.17, 15) is 4.79 Å². The summed E-state index contributed by atoms with van der Waals surface area (Å²) in [6.07, 6.45) is 1.75. The van der Waals surface area contributed by atoms with Crippen LogP contribution in [0.2, 0.25) is 0 Å². The summed E-state index contributed by atoms with van der Waals surface area (Å²) in [5.74, 6) is 2.07. The van der Waals surface area contributed by atoms with Crippen molar-refractivity contribution in [3.63, 3.8) is 0 Å². The smallest absolute Gasteiger partial charge is 0.262 e. The summed E-state index contributed by atoms with van der Waals surface area (Å²) in [5, 5.41) is 7.25. The molecular weight excluding hydrogens is 452 g/mol. The minimum Gasteiger partial charge on any atom is -0.497 e. The predicted octanol–water partition coefficient (Wildman–Crippen LogP) is 6.43. The van der Waals surface area contributed by atoms with Crippen LogP contribution in [-0.2, 0) is 23.1 Å². The summed E-state index contributed by atoms with van der Waals surface area (Å²) in [6, 6.07) is 21.5. The van der Waals surface area contributed by atoms with Crippen molar-refractivity contribution in [1.29, 1.82) is 0 Å². The van der Waals surface area contributed by atoms with Gasteiger partial charge in [-0.15, -0.1) is 0 Å². The lowest BCUT2D eigenvalue weighted by molar-refractivity contribution is -0.118. The van der Waals surface area contributed by atoms with E-state index in [0.717, 1.165) is 46.7 Å². The average molecular weight is 483 g/mol. The molecule has 0 aliphatic heterocycles. The van der Waals surface area contributed by atoms with Crippen molar-refractivity contribution in [2.24, 2.45) is 0 Å². The molecule has 0 bridgehead atoms. The van der Waals surface area contributed by atoms with Gasteiger partial charge in [-0.3, -0.25) is 4.79 Å². The molecule has 0 atom stereocenters. The van der Waals surface area contributed by atoms with Crippen molar-refractivity contribution >= 4 is 11.6 Å². The van der Waals surface area contributed by atoms with Crippen molar-refractivity contribution in [2.75, 3.05) is 19.0 Å². The van der Waals surface area contributed by atoms with Crippen molar-refractivity contribution in [1.82, 2.24) is 5.16 Å². The van der Waals surface area contributed by atoms with E-state index in [1.165, 1.54) is 11.1 Å². The van der Waals surface area contributed by atoms with Crippen LogP contribution in [-0.4, -0.2) is 24.8 Å². The van der Waals surface area contributed by atoms with Gasteiger partial charge in [-0.2, -0.15) is 0 Å². The zero-order valence-electron chi connectivity index (χ0n) is 21.1. The average Bonchev–Trinajstić information content (AvgIpc) is 3.32. The molecule has 1 heterocycles. The number of hydrogen-bond donors (Lipinski definition) is 1. The van der Waals surface area contributed by atoms with Gasteiger partial charge in [0, 0.05) is 22.4 Å². The Kier molecular flexibility index (Phi) is 6.27. The van der Waals surface area contributed by atoms with Crippen LogP contribution in [0.3, 0.4) is 0 Å². The predicted molar refractivity (Wildman–Crippen MR) is 141 cm³/mol. The number of aryl methyl sites for hydroxylation is 1. The van der Waals surface area contributed by atoms with E-state index in [2.05, 4.69) is 37.3 Å². The Morgan fingerprint density at radius 1 is 0.972 bits per heavy atom. The van der Waals surface area contributed by atoms with Crippen molar-refractivity contribution in [2.45, 2.75) is 39.0 Å². The number of nitrogens with zero attached hydrogens (tertiary/aromatic N) is 1. The Bertz CT molecular complexity index is 1380. The molecular formula is C30H30N2O4. The number of carbonyl (C=O) groups is 1. The van der Waals surface area contributed by atoms with Gasteiger partial charge < -0.3 is 19.3 Å². The molecule has 0 saturated carbocycles. The van der Waals surface area contributed by atoms with E-state index in [-0.39, 0.29) is 17.9 Å². The SMILES string of the molecule is COc1ccc2c(c1)CCc1c-2noc1-c1ccc(NC(=O)COc2ccc(C(C)(C)C)cc2)cc1. The minimum absolute atomic E-state index is 0.0591. The number of methoxy groups -OCH3 is 1. The number of nitrogens with one attached hydrogen (secondary N) is 1. The molecule has 0 saturated heterocycles. The summed E-state index contributed by atoms with van der Waals surface area (Å²) in [7, 11) is 1.68. The standard InChI is InChI=1S/C30H30N2O4/c1-30(2,3)21-8-12-23(13-9-21)35-18-27(33)31-22-10-5-19(6-11-22)29-26-15-7-20-17-24(34-4)14-16-25(20)28(26)32-36-29/h5-6,8-14,16-17H,7,15,18H2,1-4H3,(H,31,33). The van der Waals surface area contributed by atoms with Crippen molar-refractivity contribution < 1.29 is 18.8 Å². The topological polar surface area (TPSA) is 73.6 Å². The van der Waals surface area contributed by atoms with E-state index >= 15 is 0 Å². The molecule has 6 nitrogen and oxygen atoms in total. The molecule has 1 amide bonds. The number of carbonyl (C=O) groups excluding carboxylic acids is 1. The third kappa shape index (κ3) is 4.85. The minimum atomic E-state index is -0.216. The van der Waals surface area contributed by atoms with Gasteiger partial charge in [-0.05, 0) is 84.0 Å². The molecule has 0 radical (unpaired) electrons. The molecule has 6 heteroatoms. The molecule has 1 aliphatic carbocycles. The van der Waals surface area contributed by atoms with Crippen molar-refractivity contribution in [3.8, 4) is 34.1 Å². The van der Waals surface area contributed by atoms with Crippen molar-refractivity contribution in [3.05, 3.63) is 83.4 Å². The van der Waals surface area contributed by atoms with E-state index in [1.807, 2.05) is 60.7 Å². The van der Waals surface area contributed by atoms with Crippen LogP contribution in [0, 0.1) is 0 Å². The van der Waals surface area contributed by atoms with Gasteiger partial charge in [0.05, 0.1) is 7.11 Å². The highest BCUT2D eigenvalue weighted by Crippen LogP contribution is 2.39. The number of hydrogen-bond acceptors (Lipinski definition) is 5. The zero-order chi connectivity index (χ0) is 25.3. The maximum absolute atomic E-state index is 12.4. The first-order chi connectivity index (χ1) is 17.3. The molecule has 0 spiro atoms. The fourth-order valence-electron chi connectivity index (χ4n) is 4.48. The molecule has 1 aliphatic rings. The number of anilines is 1. The first kappa shape index (κ1) is 23.7. The van der Waals surface area contributed by atoms with Gasteiger partial charge in [-0.25, -0.2) is 0 Å². The molecule has 3 aromatic carbocycles.